The molecule has 1 aliphatic heterocycles. The summed E-state index contributed by atoms with van der Waals surface area (Å²) in [6.07, 6.45) is 1.05. The number of hydrogen-bond donors (Lipinski definition) is 2. The largest absolute Gasteiger partial charge is 0.372 e. The molecule has 0 spiro atoms. The standard InChI is InChI=1S/C22H22F2N6O2S/c1-14(32-2)20(31)30-22(15-6-4-3-5-7-15,10-11-27-21(26)28-13-25)33-19(29-30)17-12-16(23)8-9-18(17)24/h3-9,12,14H,10-11H2,1-2H3,(H3,26,27,28). The fourth-order valence-corrected chi connectivity index (χ4v) is 4.64. The number of benzene rings is 2. The molecule has 0 fully saturated rings. The number of nitrogens with one attached hydrogen (secondary N) is 1. The molecule has 1 heterocycles. The third-order valence-corrected chi connectivity index (χ3v) is 6.45. The number of halogens is 2. The summed E-state index contributed by atoms with van der Waals surface area (Å²) in [5, 5.41) is 16.8. The van der Waals surface area contributed by atoms with Gasteiger partial charge in [-0.15, -0.1) is 0 Å². The second-order valence-electron chi connectivity index (χ2n) is 7.06. The van der Waals surface area contributed by atoms with Crippen LogP contribution in [0.5, 0.6) is 0 Å². The normalized spacial score (nSPS) is 19.1. The number of nitrogens with two attached hydrogens (primary N) is 1. The van der Waals surface area contributed by atoms with Gasteiger partial charge in [0.05, 0.1) is 0 Å². The lowest BCUT2D eigenvalue weighted by molar-refractivity contribution is -0.144. The van der Waals surface area contributed by atoms with Crippen LogP contribution >= 0.6 is 11.8 Å². The highest BCUT2D eigenvalue weighted by atomic mass is 32.2. The summed E-state index contributed by atoms with van der Waals surface area (Å²) in [5.41, 5.74) is 6.30. The van der Waals surface area contributed by atoms with Gasteiger partial charge in [-0.2, -0.15) is 10.4 Å². The molecule has 172 valence electrons. The monoisotopic (exact) mass is 472 g/mol. The summed E-state index contributed by atoms with van der Waals surface area (Å²) in [4.78, 5) is 16.3. The maximum absolute atomic E-state index is 14.6. The van der Waals surface area contributed by atoms with E-state index in [9.17, 15) is 13.6 Å². The van der Waals surface area contributed by atoms with E-state index >= 15 is 0 Å². The highest BCUT2D eigenvalue weighted by molar-refractivity contribution is 8.15. The van der Waals surface area contributed by atoms with E-state index in [-0.39, 0.29) is 29.5 Å². The van der Waals surface area contributed by atoms with E-state index in [2.05, 4.69) is 15.4 Å². The zero-order valence-corrected chi connectivity index (χ0v) is 18.8. The quantitative estimate of drug-likeness (QED) is 0.277. The number of aliphatic imine (C=N–C) groups is 1. The first-order chi connectivity index (χ1) is 15.8. The van der Waals surface area contributed by atoms with Gasteiger partial charge in [0.2, 0.25) is 5.96 Å². The van der Waals surface area contributed by atoms with E-state index in [1.807, 2.05) is 18.2 Å². The summed E-state index contributed by atoms with van der Waals surface area (Å²) in [6, 6.07) is 12.1. The first kappa shape index (κ1) is 24.2. The van der Waals surface area contributed by atoms with Crippen molar-refractivity contribution < 1.29 is 18.3 Å². The van der Waals surface area contributed by atoms with Crippen molar-refractivity contribution in [3.8, 4) is 6.19 Å². The van der Waals surface area contributed by atoms with E-state index in [1.54, 1.807) is 25.2 Å². The molecule has 0 aliphatic carbocycles. The van der Waals surface area contributed by atoms with Crippen LogP contribution in [0.15, 0.2) is 58.6 Å². The second-order valence-corrected chi connectivity index (χ2v) is 8.33. The first-order valence-electron chi connectivity index (χ1n) is 9.93. The number of carbonyl (C=O) groups is 1. The molecule has 0 bridgehead atoms. The van der Waals surface area contributed by atoms with Gasteiger partial charge in [-0.1, -0.05) is 42.1 Å². The van der Waals surface area contributed by atoms with Crippen LogP contribution in [0.25, 0.3) is 0 Å². The molecular formula is C22H22F2N6O2S. The molecule has 33 heavy (non-hydrogen) atoms. The fourth-order valence-electron chi connectivity index (χ4n) is 3.27. The Morgan fingerprint density at radius 1 is 1.36 bits per heavy atom. The topological polar surface area (TPSA) is 116 Å². The van der Waals surface area contributed by atoms with Crippen LogP contribution in [-0.4, -0.2) is 41.7 Å². The van der Waals surface area contributed by atoms with Crippen LogP contribution < -0.4 is 11.1 Å². The minimum atomic E-state index is -1.14. The van der Waals surface area contributed by atoms with Crippen molar-refractivity contribution in [1.29, 1.82) is 5.26 Å². The summed E-state index contributed by atoms with van der Waals surface area (Å²) in [5.74, 6) is -1.84. The highest BCUT2D eigenvalue weighted by Gasteiger charge is 2.49. The van der Waals surface area contributed by atoms with Crippen LogP contribution in [0.1, 0.15) is 24.5 Å². The molecular weight excluding hydrogens is 450 g/mol. The zero-order valence-electron chi connectivity index (χ0n) is 18.0. The van der Waals surface area contributed by atoms with Gasteiger partial charge >= 0.3 is 0 Å². The van der Waals surface area contributed by atoms with Crippen molar-refractivity contribution in [3.05, 3.63) is 71.3 Å². The molecule has 2 unspecified atom stereocenters. The van der Waals surface area contributed by atoms with Gasteiger partial charge in [0.25, 0.3) is 5.91 Å². The van der Waals surface area contributed by atoms with Gasteiger partial charge in [0, 0.05) is 25.6 Å². The number of thioether (sulfide) groups is 1. The maximum atomic E-state index is 14.6. The fraction of sp³-hybridized carbons (Fsp3) is 0.273. The van der Waals surface area contributed by atoms with Crippen LogP contribution in [0, 0.1) is 23.1 Å². The van der Waals surface area contributed by atoms with Crippen molar-refractivity contribution in [2.24, 2.45) is 15.8 Å². The van der Waals surface area contributed by atoms with Gasteiger partial charge < -0.3 is 10.5 Å². The van der Waals surface area contributed by atoms with E-state index in [0.717, 1.165) is 30.0 Å². The molecule has 0 saturated carbocycles. The summed E-state index contributed by atoms with van der Waals surface area (Å²) >= 11 is 1.11. The van der Waals surface area contributed by atoms with Crippen molar-refractivity contribution in [3.63, 3.8) is 0 Å². The lowest BCUT2D eigenvalue weighted by atomic mass is 10.0. The molecule has 2 aromatic rings. The van der Waals surface area contributed by atoms with Crippen LogP contribution in [0.3, 0.4) is 0 Å². The number of carbonyl (C=O) groups excluding carboxylic acids is 1. The van der Waals surface area contributed by atoms with Crippen molar-refractivity contribution >= 4 is 28.7 Å². The van der Waals surface area contributed by atoms with E-state index < -0.39 is 28.5 Å². The molecule has 1 amide bonds. The van der Waals surface area contributed by atoms with Gasteiger partial charge in [0.15, 0.2) is 6.19 Å². The lowest BCUT2D eigenvalue weighted by Crippen LogP contribution is -2.46. The van der Waals surface area contributed by atoms with Gasteiger partial charge in [-0.05, 0) is 30.7 Å². The van der Waals surface area contributed by atoms with Gasteiger partial charge in [0.1, 0.15) is 27.7 Å². The second kappa shape index (κ2) is 10.4. The average molecular weight is 473 g/mol. The highest BCUT2D eigenvalue weighted by Crippen LogP contribution is 2.50. The summed E-state index contributed by atoms with van der Waals surface area (Å²) in [6.45, 7) is 1.69. The molecule has 0 radical (unpaired) electrons. The smallest absolute Gasteiger partial charge is 0.273 e. The minimum absolute atomic E-state index is 0.0603. The van der Waals surface area contributed by atoms with Crippen LogP contribution in [-0.2, 0) is 14.4 Å². The van der Waals surface area contributed by atoms with Crippen molar-refractivity contribution in [1.82, 2.24) is 10.3 Å². The SMILES string of the molecule is COC(C)C(=O)N1N=C(c2cc(F)ccc2F)SC1(CCN=C(N)NC#N)c1ccccc1. The number of rotatable bonds is 7. The number of methoxy groups -OCH3 is 1. The Kier molecular flexibility index (Phi) is 7.63. The van der Waals surface area contributed by atoms with Crippen LogP contribution in [0.2, 0.25) is 0 Å². The van der Waals surface area contributed by atoms with Crippen molar-refractivity contribution in [2.75, 3.05) is 13.7 Å². The number of hydrogen-bond acceptors (Lipinski definition) is 6. The first-order valence-corrected chi connectivity index (χ1v) is 10.7. The summed E-state index contributed by atoms with van der Waals surface area (Å²) in [7, 11) is 1.39. The number of nitrogens with zero attached hydrogens (tertiary/aromatic N) is 4. The Bertz CT molecular complexity index is 1120. The molecule has 3 rings (SSSR count). The lowest BCUT2D eigenvalue weighted by Gasteiger charge is -2.36. The average Bonchev–Trinajstić information content (AvgIpc) is 3.20. The predicted octanol–water partition coefficient (Wildman–Crippen LogP) is 2.87. The van der Waals surface area contributed by atoms with Gasteiger partial charge in [-0.3, -0.25) is 15.1 Å². The number of amides is 1. The van der Waals surface area contributed by atoms with E-state index in [1.165, 1.54) is 12.1 Å². The Balaban J connectivity index is 2.12. The Labute approximate surface area is 194 Å². The van der Waals surface area contributed by atoms with E-state index in [0.29, 0.717) is 5.56 Å². The van der Waals surface area contributed by atoms with E-state index in [4.69, 9.17) is 15.7 Å². The maximum Gasteiger partial charge on any atom is 0.273 e. The minimum Gasteiger partial charge on any atom is -0.372 e. The predicted molar refractivity (Wildman–Crippen MR) is 122 cm³/mol. The van der Waals surface area contributed by atoms with Crippen LogP contribution in [0.4, 0.5) is 8.78 Å². The molecule has 1 aliphatic rings. The number of guanidine groups is 1. The Hall–Kier alpha value is -3.49. The number of hydrazone groups is 1. The molecule has 3 N–H and O–H groups in total. The molecule has 0 aromatic heterocycles. The third-order valence-electron chi connectivity index (χ3n) is 5.01. The number of ether oxygens (including phenoxy) is 1. The zero-order chi connectivity index (χ0) is 24.0. The molecule has 8 nitrogen and oxygen atoms in total. The molecule has 2 aromatic carbocycles. The Morgan fingerprint density at radius 2 is 2.09 bits per heavy atom. The summed E-state index contributed by atoms with van der Waals surface area (Å²) < 4.78 is 33.7. The van der Waals surface area contributed by atoms with Gasteiger partial charge in [-0.25, -0.2) is 13.8 Å². The number of nitriles is 1. The third kappa shape index (κ3) is 5.13. The van der Waals surface area contributed by atoms with Crippen molar-refractivity contribution in [2.45, 2.75) is 24.3 Å². The Morgan fingerprint density at radius 3 is 2.76 bits per heavy atom. The molecule has 2 atom stereocenters. The molecule has 11 heteroatoms. The molecule has 0 saturated heterocycles.